The quantitative estimate of drug-likeness (QED) is 0.819. The largest absolute Gasteiger partial charge is 0.323 e. The number of nitrogens with zero attached hydrogens (tertiary/aromatic N) is 2. The molecule has 1 aliphatic heterocycles. The van der Waals surface area contributed by atoms with Gasteiger partial charge in [-0.3, -0.25) is 4.79 Å². The molecule has 1 fully saturated rings. The average molecular weight is 422 g/mol. The number of nitriles is 1. The Hall–Kier alpha value is -2.47. The Kier molecular flexibility index (Phi) is 5.98. The SMILES string of the molecule is N#Cc1ccc(S(=O)(=O)N2CCC(C(=O)Nc3cccc(Cl)c3F)CC2)cc1. The standard InChI is InChI=1S/C19H17ClFN3O3S/c20-16-2-1-3-17(18(16)21)23-19(25)14-8-10-24(11-9-14)28(26,27)15-6-4-13(12-22)5-7-15/h1-7,14H,8-11H2,(H,23,25). The fraction of sp³-hybridized carbons (Fsp3) is 0.263. The van der Waals surface area contributed by atoms with Gasteiger partial charge in [0.25, 0.3) is 0 Å². The lowest BCUT2D eigenvalue weighted by molar-refractivity contribution is -0.120. The minimum atomic E-state index is -3.69. The number of amides is 1. The smallest absolute Gasteiger partial charge is 0.243 e. The molecule has 0 aromatic heterocycles. The highest BCUT2D eigenvalue weighted by molar-refractivity contribution is 7.89. The van der Waals surface area contributed by atoms with Gasteiger partial charge < -0.3 is 5.32 Å². The maximum absolute atomic E-state index is 13.9. The van der Waals surface area contributed by atoms with Crippen molar-refractivity contribution in [3.63, 3.8) is 0 Å². The van der Waals surface area contributed by atoms with Crippen molar-refractivity contribution in [1.82, 2.24) is 4.31 Å². The predicted molar refractivity (Wildman–Crippen MR) is 103 cm³/mol. The summed E-state index contributed by atoms with van der Waals surface area (Å²) < 4.78 is 40.7. The van der Waals surface area contributed by atoms with Crippen molar-refractivity contribution in [2.45, 2.75) is 17.7 Å². The first kappa shape index (κ1) is 20.3. The van der Waals surface area contributed by atoms with Crippen LogP contribution in [0.1, 0.15) is 18.4 Å². The molecule has 2 aromatic carbocycles. The Bertz CT molecular complexity index is 1030. The Balaban J connectivity index is 1.64. The third kappa shape index (κ3) is 4.17. The van der Waals surface area contributed by atoms with Crippen LogP contribution in [0.25, 0.3) is 0 Å². The van der Waals surface area contributed by atoms with Gasteiger partial charge in [-0.2, -0.15) is 9.57 Å². The van der Waals surface area contributed by atoms with Crippen LogP contribution in [0.2, 0.25) is 5.02 Å². The van der Waals surface area contributed by atoms with Crippen LogP contribution in [0, 0.1) is 23.1 Å². The molecule has 1 aliphatic rings. The number of carbonyl (C=O) groups is 1. The lowest BCUT2D eigenvalue weighted by Crippen LogP contribution is -2.41. The summed E-state index contributed by atoms with van der Waals surface area (Å²) in [6, 6.07) is 12.0. The van der Waals surface area contributed by atoms with Crippen molar-refractivity contribution in [3.8, 4) is 6.07 Å². The normalized spacial score (nSPS) is 15.8. The molecule has 2 aromatic rings. The zero-order chi connectivity index (χ0) is 20.3. The topological polar surface area (TPSA) is 90.3 Å². The highest BCUT2D eigenvalue weighted by Gasteiger charge is 2.32. The molecule has 6 nitrogen and oxygen atoms in total. The van der Waals surface area contributed by atoms with Crippen LogP contribution in [0.5, 0.6) is 0 Å². The van der Waals surface area contributed by atoms with E-state index in [-0.39, 0.29) is 34.6 Å². The summed E-state index contributed by atoms with van der Waals surface area (Å²) in [5.74, 6) is -1.49. The van der Waals surface area contributed by atoms with E-state index in [1.165, 1.54) is 46.8 Å². The van der Waals surface area contributed by atoms with E-state index >= 15 is 0 Å². The van der Waals surface area contributed by atoms with Crippen LogP contribution < -0.4 is 5.32 Å². The summed E-state index contributed by atoms with van der Waals surface area (Å²) in [5, 5.41) is 11.3. The second kappa shape index (κ2) is 8.27. The number of carbonyl (C=O) groups excluding carboxylic acids is 1. The second-order valence-electron chi connectivity index (χ2n) is 6.41. The highest BCUT2D eigenvalue weighted by atomic mass is 35.5. The molecule has 1 amide bonds. The number of nitrogens with one attached hydrogen (secondary N) is 1. The van der Waals surface area contributed by atoms with Crippen LogP contribution in [0.4, 0.5) is 10.1 Å². The molecule has 1 saturated heterocycles. The Labute approximate surface area is 167 Å². The molecule has 146 valence electrons. The van der Waals surface area contributed by atoms with Crippen molar-refractivity contribution >= 4 is 33.2 Å². The van der Waals surface area contributed by atoms with E-state index in [1.54, 1.807) is 0 Å². The summed E-state index contributed by atoms with van der Waals surface area (Å²) in [7, 11) is -3.69. The van der Waals surface area contributed by atoms with Gasteiger partial charge in [0.1, 0.15) is 0 Å². The van der Waals surface area contributed by atoms with Gasteiger partial charge in [-0.1, -0.05) is 17.7 Å². The summed E-state index contributed by atoms with van der Waals surface area (Å²) in [6.45, 7) is 0.358. The average Bonchev–Trinajstić information content (AvgIpc) is 2.71. The van der Waals surface area contributed by atoms with Gasteiger partial charge in [-0.05, 0) is 49.2 Å². The van der Waals surface area contributed by atoms with Gasteiger partial charge in [-0.15, -0.1) is 0 Å². The first-order chi connectivity index (χ1) is 13.3. The van der Waals surface area contributed by atoms with Crippen LogP contribution in [-0.2, 0) is 14.8 Å². The number of hydrogen-bond donors (Lipinski definition) is 1. The molecule has 0 spiro atoms. The van der Waals surface area contributed by atoms with Crippen molar-refractivity contribution in [2.24, 2.45) is 5.92 Å². The summed E-state index contributed by atoms with van der Waals surface area (Å²) in [6.07, 6.45) is 0.646. The summed E-state index contributed by atoms with van der Waals surface area (Å²) >= 11 is 5.71. The van der Waals surface area contributed by atoms with E-state index in [2.05, 4.69) is 5.32 Å². The first-order valence-corrected chi connectivity index (χ1v) is 10.4. The minimum absolute atomic E-state index is 0.00475. The molecule has 1 heterocycles. The first-order valence-electron chi connectivity index (χ1n) is 8.58. The van der Waals surface area contributed by atoms with Crippen LogP contribution in [0.3, 0.4) is 0 Å². The Morgan fingerprint density at radius 2 is 1.82 bits per heavy atom. The molecule has 0 aliphatic carbocycles. The molecule has 9 heteroatoms. The fourth-order valence-electron chi connectivity index (χ4n) is 3.04. The van der Waals surface area contributed by atoms with E-state index in [1.807, 2.05) is 6.07 Å². The molecular weight excluding hydrogens is 405 g/mol. The van der Waals surface area contributed by atoms with E-state index in [4.69, 9.17) is 16.9 Å². The van der Waals surface area contributed by atoms with Gasteiger partial charge in [-0.25, -0.2) is 12.8 Å². The number of hydrogen-bond acceptors (Lipinski definition) is 4. The maximum Gasteiger partial charge on any atom is 0.243 e. The molecule has 0 atom stereocenters. The molecule has 28 heavy (non-hydrogen) atoms. The molecular formula is C19H17ClFN3O3S. The van der Waals surface area contributed by atoms with Gasteiger partial charge in [0.2, 0.25) is 15.9 Å². The van der Waals surface area contributed by atoms with Crippen LogP contribution in [-0.4, -0.2) is 31.7 Å². The lowest BCUT2D eigenvalue weighted by atomic mass is 9.97. The lowest BCUT2D eigenvalue weighted by Gasteiger charge is -2.30. The predicted octanol–water partition coefficient (Wildman–Crippen LogP) is 3.39. The van der Waals surface area contributed by atoms with E-state index in [0.29, 0.717) is 18.4 Å². The monoisotopic (exact) mass is 421 g/mol. The number of rotatable bonds is 4. The number of halogens is 2. The molecule has 0 radical (unpaired) electrons. The number of benzene rings is 2. The zero-order valence-corrected chi connectivity index (χ0v) is 16.3. The zero-order valence-electron chi connectivity index (χ0n) is 14.7. The Morgan fingerprint density at radius 1 is 1.18 bits per heavy atom. The molecule has 0 unspecified atom stereocenters. The van der Waals surface area contributed by atoms with E-state index in [0.717, 1.165) is 0 Å². The third-order valence-electron chi connectivity index (χ3n) is 4.66. The minimum Gasteiger partial charge on any atom is -0.323 e. The van der Waals surface area contributed by atoms with Gasteiger partial charge in [0.05, 0.1) is 27.2 Å². The molecule has 1 N–H and O–H groups in total. The summed E-state index contributed by atoms with van der Waals surface area (Å²) in [5.41, 5.74) is 0.382. The van der Waals surface area contributed by atoms with Crippen molar-refractivity contribution in [3.05, 3.63) is 58.9 Å². The van der Waals surface area contributed by atoms with Crippen molar-refractivity contribution in [1.29, 1.82) is 5.26 Å². The fourth-order valence-corrected chi connectivity index (χ4v) is 4.69. The van der Waals surface area contributed by atoms with Gasteiger partial charge in [0.15, 0.2) is 5.82 Å². The van der Waals surface area contributed by atoms with E-state index in [9.17, 15) is 17.6 Å². The van der Waals surface area contributed by atoms with Crippen LogP contribution >= 0.6 is 11.6 Å². The van der Waals surface area contributed by atoms with Gasteiger partial charge >= 0.3 is 0 Å². The molecule has 0 bridgehead atoms. The second-order valence-corrected chi connectivity index (χ2v) is 8.75. The Morgan fingerprint density at radius 3 is 2.43 bits per heavy atom. The number of piperidine rings is 1. The van der Waals surface area contributed by atoms with Crippen LogP contribution in [0.15, 0.2) is 47.4 Å². The third-order valence-corrected chi connectivity index (χ3v) is 6.86. The summed E-state index contributed by atoms with van der Waals surface area (Å²) in [4.78, 5) is 12.5. The van der Waals surface area contributed by atoms with E-state index < -0.39 is 21.8 Å². The van der Waals surface area contributed by atoms with Crippen molar-refractivity contribution < 1.29 is 17.6 Å². The molecule has 0 saturated carbocycles. The van der Waals surface area contributed by atoms with Crippen molar-refractivity contribution in [2.75, 3.05) is 18.4 Å². The number of sulfonamides is 1. The highest BCUT2D eigenvalue weighted by Crippen LogP contribution is 2.27. The van der Waals surface area contributed by atoms with Gasteiger partial charge in [0, 0.05) is 19.0 Å². The molecule has 3 rings (SSSR count). The number of anilines is 1. The maximum atomic E-state index is 13.9.